The fourth-order valence-electron chi connectivity index (χ4n) is 1.74. The van der Waals surface area contributed by atoms with Crippen molar-refractivity contribution >= 4 is 16.1 Å². The van der Waals surface area contributed by atoms with Gasteiger partial charge in [0.15, 0.2) is 0 Å². The van der Waals surface area contributed by atoms with E-state index in [1.807, 2.05) is 28.1 Å². The number of ether oxygens (including phenoxy) is 1. The van der Waals surface area contributed by atoms with Crippen LogP contribution in [0.25, 0.3) is 0 Å². The van der Waals surface area contributed by atoms with E-state index in [9.17, 15) is 17.8 Å². The van der Waals surface area contributed by atoms with Crippen molar-refractivity contribution in [3.63, 3.8) is 0 Å². The fourth-order valence-corrected chi connectivity index (χ4v) is 2.21. The van der Waals surface area contributed by atoms with Crippen LogP contribution in [0.15, 0.2) is 41.8 Å². The number of benzene rings is 1. The van der Waals surface area contributed by atoms with Gasteiger partial charge in [-0.3, -0.25) is 4.48 Å². The molecule has 1 atom stereocenters. The van der Waals surface area contributed by atoms with Crippen LogP contribution in [0, 0.1) is 6.92 Å². The Morgan fingerprint density at radius 3 is 2.12 bits per heavy atom. The molecule has 0 saturated carbocycles. The van der Waals surface area contributed by atoms with Crippen molar-refractivity contribution in [1.82, 2.24) is 0 Å². The topological polar surface area (TPSA) is 83.5 Å². The second kappa shape index (κ2) is 9.56. The predicted octanol–water partition coefficient (Wildman–Crippen LogP) is 2.45. The Hall–Kier alpha value is -1.70. The molecule has 1 unspecified atom stereocenters. The van der Waals surface area contributed by atoms with Gasteiger partial charge in [-0.15, -0.1) is 0 Å². The van der Waals surface area contributed by atoms with Crippen LogP contribution < -0.4 is 0 Å². The summed E-state index contributed by atoms with van der Waals surface area (Å²) in [5, 5.41) is 0. The van der Waals surface area contributed by atoms with E-state index >= 15 is 0 Å². The Morgan fingerprint density at radius 2 is 1.79 bits per heavy atom. The average Bonchev–Trinajstić information content (AvgIpc) is 2.45. The number of aryl methyl sites for hydroxylation is 1. The van der Waals surface area contributed by atoms with Gasteiger partial charge in [-0.1, -0.05) is 31.2 Å². The van der Waals surface area contributed by atoms with Gasteiger partial charge in [0, 0.05) is 12.5 Å². The van der Waals surface area contributed by atoms with Gasteiger partial charge in [0.05, 0.1) is 26.0 Å². The summed E-state index contributed by atoms with van der Waals surface area (Å²) in [4.78, 5) is 10.8. The molecule has 0 aromatic heterocycles. The molecule has 7 heteroatoms. The highest BCUT2D eigenvalue weighted by Crippen LogP contribution is 2.11. The third-order valence-electron chi connectivity index (χ3n) is 3.13. The van der Waals surface area contributed by atoms with Gasteiger partial charge in [0.2, 0.25) is 6.23 Å². The van der Waals surface area contributed by atoms with Gasteiger partial charge in [0.1, 0.15) is 10.1 Å². The van der Waals surface area contributed by atoms with Crippen LogP contribution in [0.2, 0.25) is 0 Å². The van der Waals surface area contributed by atoms with E-state index in [0.717, 1.165) is 18.4 Å². The molecule has 0 aliphatic heterocycles. The third kappa shape index (κ3) is 8.81. The van der Waals surface area contributed by atoms with Gasteiger partial charge in [0.25, 0.3) is 0 Å². The minimum absolute atomic E-state index is 0.0736. The van der Waals surface area contributed by atoms with Crippen molar-refractivity contribution in [2.24, 2.45) is 0 Å². The molecule has 0 N–H and O–H groups in total. The molecule has 136 valence electrons. The Bertz CT molecular complexity index is 630. The van der Waals surface area contributed by atoms with Crippen LogP contribution in [0.3, 0.4) is 0 Å². The Labute approximate surface area is 145 Å². The molecule has 0 saturated heterocycles. The molecule has 0 radical (unpaired) electrons. The molecular weight excluding hydrogens is 330 g/mol. The summed E-state index contributed by atoms with van der Waals surface area (Å²) in [6, 6.07) is 5.78. The minimum Gasteiger partial charge on any atom is -0.744 e. The summed E-state index contributed by atoms with van der Waals surface area (Å²) in [6.45, 7) is 7.27. The van der Waals surface area contributed by atoms with Crippen molar-refractivity contribution in [2.75, 3.05) is 21.1 Å². The summed E-state index contributed by atoms with van der Waals surface area (Å²) in [5.74, 6) is -0.341. The van der Waals surface area contributed by atoms with Crippen molar-refractivity contribution < 1.29 is 27.0 Å². The lowest BCUT2D eigenvalue weighted by atomic mass is 10.2. The molecule has 0 aliphatic carbocycles. The first kappa shape index (κ1) is 22.3. The lowest BCUT2D eigenvalue weighted by Gasteiger charge is -2.32. The maximum Gasteiger partial charge on any atom is 0.334 e. The van der Waals surface area contributed by atoms with Gasteiger partial charge in [-0.05, 0) is 25.5 Å². The van der Waals surface area contributed by atoms with E-state index in [1.165, 1.54) is 18.2 Å². The van der Waals surface area contributed by atoms with E-state index < -0.39 is 10.1 Å². The smallest absolute Gasteiger partial charge is 0.334 e. The van der Waals surface area contributed by atoms with Crippen LogP contribution in [-0.2, 0) is 19.6 Å². The van der Waals surface area contributed by atoms with E-state index in [2.05, 4.69) is 13.5 Å². The van der Waals surface area contributed by atoms with E-state index in [0.29, 0.717) is 4.48 Å². The first-order chi connectivity index (χ1) is 10.9. The summed E-state index contributed by atoms with van der Waals surface area (Å²) in [6.07, 6.45) is 3.02. The van der Waals surface area contributed by atoms with Crippen LogP contribution in [-0.4, -0.2) is 50.8 Å². The fraction of sp³-hybridized carbons (Fsp3) is 0.471. The Balaban J connectivity index is 0.000000446. The average molecular weight is 357 g/mol. The number of rotatable bonds is 6. The normalized spacial score (nSPS) is 12.6. The number of quaternary nitrogens is 1. The molecule has 0 fully saturated rings. The number of carbonyl (C=O) groups is 1. The zero-order chi connectivity index (χ0) is 19.0. The molecule has 0 bridgehead atoms. The van der Waals surface area contributed by atoms with Crippen LogP contribution in [0.1, 0.15) is 25.3 Å². The van der Waals surface area contributed by atoms with Gasteiger partial charge >= 0.3 is 5.97 Å². The van der Waals surface area contributed by atoms with E-state index in [-0.39, 0.29) is 17.1 Å². The number of hydrogen-bond acceptors (Lipinski definition) is 5. The first-order valence-electron chi connectivity index (χ1n) is 7.58. The zero-order valence-electron chi connectivity index (χ0n) is 15.0. The molecule has 0 aliphatic rings. The number of carbonyl (C=O) groups excluding carboxylic acids is 1. The second-order valence-electron chi connectivity index (χ2n) is 6.27. The SMILES string of the molecule is C=CC(=O)OC(CCC)[N+](C)(C)C.Cc1ccc(S(=O)(=O)[O-])cc1. The third-order valence-corrected chi connectivity index (χ3v) is 3.98. The molecular formula is C17H27NO5S. The standard InChI is InChI=1S/C10H20NO2.C7H8O3S/c1-6-8-9(11(3,4)5)13-10(12)7-2;1-6-2-4-7(5-3-6)11(8,9)10/h7,9H,2,6,8H2,1,3-5H3;2-5H,1H3,(H,8,9,10)/q+1;/p-1. The Morgan fingerprint density at radius 1 is 1.29 bits per heavy atom. The lowest BCUT2D eigenvalue weighted by Crippen LogP contribution is -2.47. The maximum atomic E-state index is 11.0. The van der Waals surface area contributed by atoms with Crippen LogP contribution >= 0.6 is 0 Å². The Kier molecular flexibility index (Phi) is 8.88. The van der Waals surface area contributed by atoms with Gasteiger partial charge < -0.3 is 9.29 Å². The van der Waals surface area contributed by atoms with Gasteiger partial charge in [-0.25, -0.2) is 13.2 Å². The van der Waals surface area contributed by atoms with Crippen molar-refractivity contribution in [1.29, 1.82) is 0 Å². The number of esters is 1. The van der Waals surface area contributed by atoms with Crippen molar-refractivity contribution in [3.8, 4) is 0 Å². The quantitative estimate of drug-likeness (QED) is 0.257. The molecule has 6 nitrogen and oxygen atoms in total. The predicted molar refractivity (Wildman–Crippen MR) is 92.2 cm³/mol. The van der Waals surface area contributed by atoms with Crippen molar-refractivity contribution in [3.05, 3.63) is 42.5 Å². The van der Waals surface area contributed by atoms with E-state index in [4.69, 9.17) is 4.74 Å². The summed E-state index contributed by atoms with van der Waals surface area (Å²) in [7, 11) is 1.76. The van der Waals surface area contributed by atoms with Crippen molar-refractivity contribution in [2.45, 2.75) is 37.8 Å². The van der Waals surface area contributed by atoms with Crippen LogP contribution in [0.4, 0.5) is 0 Å². The highest BCUT2D eigenvalue weighted by Gasteiger charge is 2.25. The van der Waals surface area contributed by atoms with Gasteiger partial charge in [-0.2, -0.15) is 0 Å². The summed E-state index contributed by atoms with van der Waals surface area (Å²) >= 11 is 0. The molecule has 0 spiro atoms. The number of nitrogens with zero attached hydrogens (tertiary/aromatic N) is 1. The van der Waals surface area contributed by atoms with E-state index in [1.54, 1.807) is 12.1 Å². The molecule has 0 heterocycles. The highest BCUT2D eigenvalue weighted by atomic mass is 32.2. The zero-order valence-corrected chi connectivity index (χ0v) is 15.8. The summed E-state index contributed by atoms with van der Waals surface area (Å²) in [5.41, 5.74) is 0.928. The molecule has 24 heavy (non-hydrogen) atoms. The highest BCUT2D eigenvalue weighted by molar-refractivity contribution is 7.85. The monoisotopic (exact) mass is 357 g/mol. The number of hydrogen-bond donors (Lipinski definition) is 0. The second-order valence-corrected chi connectivity index (χ2v) is 7.65. The lowest BCUT2D eigenvalue weighted by molar-refractivity contribution is -0.917. The largest absolute Gasteiger partial charge is 0.744 e. The molecule has 0 amide bonds. The molecule has 1 rings (SSSR count). The minimum atomic E-state index is -4.27. The molecule has 1 aromatic carbocycles. The molecule has 1 aromatic rings. The maximum absolute atomic E-state index is 11.0. The first-order valence-corrected chi connectivity index (χ1v) is 8.99. The van der Waals surface area contributed by atoms with Crippen LogP contribution in [0.5, 0.6) is 0 Å². The summed E-state index contributed by atoms with van der Waals surface area (Å²) < 4.78 is 37.0.